The second-order valence-electron chi connectivity index (χ2n) is 7.30. The number of nitrogens with one attached hydrogen (secondary N) is 1. The molecular weight excluding hydrogens is 400 g/mol. The molecule has 0 unspecified atom stereocenters. The van der Waals surface area contributed by atoms with Gasteiger partial charge in [0.05, 0.1) is 28.8 Å². The van der Waals surface area contributed by atoms with Crippen molar-refractivity contribution < 1.29 is 17.9 Å². The fraction of sp³-hybridized carbons (Fsp3) is 0.217. The topological polar surface area (TPSA) is 89.1 Å². The van der Waals surface area contributed by atoms with Gasteiger partial charge in [0.2, 0.25) is 0 Å². The number of carbonyl (C=O) groups is 1. The minimum atomic E-state index is -3.37. The van der Waals surface area contributed by atoms with Gasteiger partial charge < -0.3 is 9.72 Å². The Labute approximate surface area is 174 Å². The van der Waals surface area contributed by atoms with Gasteiger partial charge in [-0.3, -0.25) is 0 Å². The van der Waals surface area contributed by atoms with Crippen LogP contribution in [-0.2, 0) is 14.6 Å². The fourth-order valence-corrected chi connectivity index (χ4v) is 4.69. The highest BCUT2D eigenvalue weighted by atomic mass is 32.2. The summed E-state index contributed by atoms with van der Waals surface area (Å²) in [7, 11) is -2.03. The first kappa shape index (κ1) is 20.1. The van der Waals surface area contributed by atoms with E-state index in [1.54, 1.807) is 37.4 Å². The van der Waals surface area contributed by atoms with Crippen molar-refractivity contribution in [2.24, 2.45) is 0 Å². The van der Waals surface area contributed by atoms with Crippen LogP contribution in [0.2, 0.25) is 0 Å². The number of rotatable bonds is 4. The van der Waals surface area contributed by atoms with Crippen LogP contribution in [0.1, 0.15) is 28.4 Å². The molecule has 1 N–H and O–H groups in total. The van der Waals surface area contributed by atoms with E-state index < -0.39 is 15.8 Å². The molecule has 0 aliphatic heterocycles. The molecule has 30 heavy (non-hydrogen) atoms. The number of benzene rings is 2. The van der Waals surface area contributed by atoms with Gasteiger partial charge in [0.15, 0.2) is 9.84 Å². The molecular formula is C23H22N2O4S. The third-order valence-corrected chi connectivity index (χ3v) is 7.15. The van der Waals surface area contributed by atoms with Crippen molar-refractivity contribution in [2.45, 2.75) is 25.7 Å². The van der Waals surface area contributed by atoms with Crippen LogP contribution in [0.5, 0.6) is 0 Å². The monoisotopic (exact) mass is 422 g/mol. The van der Waals surface area contributed by atoms with Crippen molar-refractivity contribution >= 4 is 37.7 Å². The largest absolute Gasteiger partial charge is 0.465 e. The second-order valence-corrected chi connectivity index (χ2v) is 9.58. The zero-order valence-electron chi connectivity index (χ0n) is 17.2. The van der Waals surface area contributed by atoms with Gasteiger partial charge in [0.1, 0.15) is 5.65 Å². The van der Waals surface area contributed by atoms with Gasteiger partial charge in [0, 0.05) is 17.0 Å². The van der Waals surface area contributed by atoms with Gasteiger partial charge in [-0.2, -0.15) is 0 Å². The number of aromatic amines is 1. The van der Waals surface area contributed by atoms with Gasteiger partial charge in [-0.1, -0.05) is 19.1 Å². The quantitative estimate of drug-likeness (QED) is 0.486. The molecule has 7 heteroatoms. The number of hydrogen-bond donors (Lipinski definition) is 1. The first-order valence-electron chi connectivity index (χ1n) is 9.60. The first-order chi connectivity index (χ1) is 14.3. The zero-order chi connectivity index (χ0) is 21.6. The Kier molecular flexibility index (Phi) is 4.86. The number of hydrogen-bond acceptors (Lipinski definition) is 5. The number of esters is 1. The molecule has 0 aliphatic carbocycles. The summed E-state index contributed by atoms with van der Waals surface area (Å²) in [6.07, 6.45) is 1.78. The minimum absolute atomic E-state index is 0.0172. The third-order valence-electron chi connectivity index (χ3n) is 5.41. The molecule has 154 valence electrons. The van der Waals surface area contributed by atoms with Gasteiger partial charge in [-0.05, 0) is 60.4 Å². The molecule has 0 saturated carbocycles. The molecule has 4 aromatic rings. The Morgan fingerprint density at radius 2 is 1.93 bits per heavy atom. The number of nitrogens with zero attached hydrogens (tertiary/aromatic N) is 1. The summed E-state index contributed by atoms with van der Waals surface area (Å²) in [5.41, 5.74) is 5.14. The van der Waals surface area contributed by atoms with E-state index >= 15 is 0 Å². The molecule has 2 aromatic carbocycles. The zero-order valence-corrected chi connectivity index (χ0v) is 18.1. The van der Waals surface area contributed by atoms with Gasteiger partial charge >= 0.3 is 5.97 Å². The standard InChI is InChI=1S/C23H22N2O4S/c1-5-30(27,28)16-8-6-7-15(10-16)18-11-17(23(26)29-4)14(3)21-20(18)19-9-13(2)12-24-22(19)25-21/h6-12H,5H2,1-4H3,(H,24,25). The molecule has 0 aliphatic rings. The average molecular weight is 423 g/mol. The highest BCUT2D eigenvalue weighted by Crippen LogP contribution is 2.38. The number of ether oxygens (including phenoxy) is 1. The van der Waals surface area contributed by atoms with Crippen molar-refractivity contribution in [1.82, 2.24) is 9.97 Å². The number of sulfone groups is 1. The van der Waals surface area contributed by atoms with Crippen molar-refractivity contribution in [3.8, 4) is 11.1 Å². The number of H-pyrrole nitrogens is 1. The lowest BCUT2D eigenvalue weighted by molar-refractivity contribution is 0.0600. The highest BCUT2D eigenvalue weighted by molar-refractivity contribution is 7.91. The molecule has 4 rings (SSSR count). The maximum absolute atomic E-state index is 12.5. The van der Waals surface area contributed by atoms with Crippen LogP contribution in [0, 0.1) is 13.8 Å². The lowest BCUT2D eigenvalue weighted by Crippen LogP contribution is -2.05. The molecule has 2 heterocycles. The van der Waals surface area contributed by atoms with Crippen LogP contribution >= 0.6 is 0 Å². The van der Waals surface area contributed by atoms with E-state index in [1.807, 2.05) is 26.0 Å². The van der Waals surface area contributed by atoms with Crippen LogP contribution < -0.4 is 0 Å². The molecule has 2 aromatic heterocycles. The number of methoxy groups -OCH3 is 1. The molecule has 0 atom stereocenters. The molecule has 0 saturated heterocycles. The number of carbonyl (C=O) groups excluding carboxylic acids is 1. The predicted octanol–water partition coefficient (Wildman–Crippen LogP) is 4.58. The molecule has 6 nitrogen and oxygen atoms in total. The Morgan fingerprint density at radius 3 is 2.63 bits per heavy atom. The number of fused-ring (bicyclic) bond motifs is 3. The lowest BCUT2D eigenvalue weighted by atomic mass is 9.94. The van der Waals surface area contributed by atoms with E-state index in [9.17, 15) is 13.2 Å². The summed E-state index contributed by atoms with van der Waals surface area (Å²) in [5.74, 6) is -0.431. The summed E-state index contributed by atoms with van der Waals surface area (Å²) in [4.78, 5) is 20.5. The molecule has 0 bridgehead atoms. The summed E-state index contributed by atoms with van der Waals surface area (Å²) in [6.45, 7) is 5.45. The highest BCUT2D eigenvalue weighted by Gasteiger charge is 2.21. The number of aryl methyl sites for hydroxylation is 2. The normalized spacial score (nSPS) is 11.9. The van der Waals surface area contributed by atoms with Crippen LogP contribution in [0.4, 0.5) is 0 Å². The lowest BCUT2D eigenvalue weighted by Gasteiger charge is -2.12. The van der Waals surface area contributed by atoms with Crippen molar-refractivity contribution in [3.05, 3.63) is 59.3 Å². The maximum Gasteiger partial charge on any atom is 0.338 e. The summed E-state index contributed by atoms with van der Waals surface area (Å²) in [5, 5.41) is 1.82. The van der Waals surface area contributed by atoms with Crippen LogP contribution in [-0.4, -0.2) is 37.2 Å². The van der Waals surface area contributed by atoms with Crippen LogP contribution in [0.15, 0.2) is 47.5 Å². The van der Waals surface area contributed by atoms with E-state index in [1.165, 1.54) is 7.11 Å². The molecule has 0 fully saturated rings. The van der Waals surface area contributed by atoms with Crippen molar-refractivity contribution in [2.75, 3.05) is 12.9 Å². The Bertz CT molecular complexity index is 1420. The van der Waals surface area contributed by atoms with E-state index in [-0.39, 0.29) is 10.6 Å². The van der Waals surface area contributed by atoms with Gasteiger partial charge in [-0.15, -0.1) is 0 Å². The molecule has 0 spiro atoms. The summed E-state index contributed by atoms with van der Waals surface area (Å²) in [6, 6.07) is 10.6. The first-order valence-corrected chi connectivity index (χ1v) is 11.2. The summed E-state index contributed by atoms with van der Waals surface area (Å²) >= 11 is 0. The molecule has 0 amide bonds. The van der Waals surface area contributed by atoms with Crippen molar-refractivity contribution in [3.63, 3.8) is 0 Å². The van der Waals surface area contributed by atoms with E-state index in [0.29, 0.717) is 16.8 Å². The second kappa shape index (κ2) is 7.25. The van der Waals surface area contributed by atoms with Crippen LogP contribution in [0.3, 0.4) is 0 Å². The van der Waals surface area contributed by atoms with Crippen LogP contribution in [0.25, 0.3) is 33.1 Å². The third kappa shape index (κ3) is 3.15. The number of aromatic nitrogens is 2. The Balaban J connectivity index is 2.14. The van der Waals surface area contributed by atoms with E-state index in [4.69, 9.17) is 4.74 Å². The van der Waals surface area contributed by atoms with Gasteiger partial charge in [0.25, 0.3) is 0 Å². The number of pyridine rings is 1. The molecule has 0 radical (unpaired) electrons. The Hall–Kier alpha value is -3.19. The van der Waals surface area contributed by atoms with Gasteiger partial charge in [-0.25, -0.2) is 18.2 Å². The average Bonchev–Trinajstić information content (AvgIpc) is 3.13. The SMILES string of the molecule is CCS(=O)(=O)c1cccc(-c2cc(C(=O)OC)c(C)c3[nH]c4ncc(C)cc4c23)c1. The van der Waals surface area contributed by atoms with E-state index in [0.717, 1.165) is 33.0 Å². The Morgan fingerprint density at radius 1 is 1.17 bits per heavy atom. The fourth-order valence-electron chi connectivity index (χ4n) is 3.77. The smallest absolute Gasteiger partial charge is 0.338 e. The summed E-state index contributed by atoms with van der Waals surface area (Å²) < 4.78 is 29.9. The minimum Gasteiger partial charge on any atom is -0.465 e. The van der Waals surface area contributed by atoms with E-state index in [2.05, 4.69) is 9.97 Å². The predicted molar refractivity (Wildman–Crippen MR) is 118 cm³/mol. The maximum atomic E-state index is 12.5. The van der Waals surface area contributed by atoms with Crippen molar-refractivity contribution in [1.29, 1.82) is 0 Å².